The molecule has 1 aliphatic carbocycles. The molecule has 0 bridgehead atoms. The van der Waals surface area contributed by atoms with Crippen LogP contribution in [0.5, 0.6) is 0 Å². The maximum Gasteiger partial charge on any atom is 0 e. The number of esters is 1. The van der Waals surface area contributed by atoms with Crippen molar-refractivity contribution in [2.75, 3.05) is 16.0 Å². The minimum absolute atomic E-state index is 0. The second-order valence-corrected chi connectivity index (χ2v) is 62.1. The van der Waals surface area contributed by atoms with E-state index in [2.05, 4.69) is 147 Å². The number of aromatic nitrogens is 3. The summed E-state index contributed by atoms with van der Waals surface area (Å²) >= 11 is 2.16. The van der Waals surface area contributed by atoms with Gasteiger partial charge >= 0.3 is 35.6 Å². The number of nitrogens with one attached hydrogen (secondary N) is 3. The fourth-order valence-electron chi connectivity index (χ4n) is 13.0. The maximum atomic E-state index is 13.5. The summed E-state index contributed by atoms with van der Waals surface area (Å²) in [4.78, 5) is 127. The summed E-state index contributed by atoms with van der Waals surface area (Å²) in [5.74, 6) is 1.34. The Hall–Kier alpha value is -9.68. The summed E-state index contributed by atoms with van der Waals surface area (Å²) < 4.78 is 61.7. The first-order valence-corrected chi connectivity index (χ1v) is 59.4. The van der Waals surface area contributed by atoms with Crippen LogP contribution in [-0.4, -0.2) is 134 Å². The van der Waals surface area contributed by atoms with Crippen LogP contribution in [0.3, 0.4) is 0 Å². The number of benzene rings is 5. The molecule has 131 heavy (non-hydrogen) atoms. The molecule has 0 fully saturated rings. The van der Waals surface area contributed by atoms with E-state index in [0.29, 0.717) is 59.6 Å². The fourth-order valence-corrected chi connectivity index (χ4v) is 16.5. The largest absolute Gasteiger partial charge is 0.358 e. The van der Waals surface area contributed by atoms with Gasteiger partial charge in [-0.2, -0.15) is 8.42 Å². The first-order chi connectivity index (χ1) is 59.5. The molecule has 5 aromatic carbocycles. The molecule has 6 heterocycles. The molecule has 0 spiro atoms. The Morgan fingerprint density at radius 2 is 1.05 bits per heavy atom. The molecule has 3 aliphatic heterocycles. The van der Waals surface area contributed by atoms with Crippen LogP contribution < -0.4 is 27.1 Å². The number of aliphatic hydroxyl groups is 2. The Labute approximate surface area is 803 Å². The van der Waals surface area contributed by atoms with Gasteiger partial charge in [0, 0.05) is 99.2 Å². The standard InChI is InChI=1S/C26H30N2O3Si.C17H27NO3Si.C17H23NO3Si.C13H13NO5.C11H14INO2.C7H8O3S.C5H10Si.CO.CH3.Pd/c1-5-26(31)20-14-22-24-19(15-28(22)25(30)18(20)10-11-23(26)29)16(12-13-32(2,3)4)17-8-6-7-9-21(17)27-24;2*1-17(2,3)21-16(20)18-14-10-8-7-9-13(14)15(19)11-12-22(4,5)6;1-2-13(18)8-5-9-10(15)3-4-14(9)11(16)7(8)6-19-12(13)17;1-11(2,3)15-10(14)13-9-7-5-4-6-8(9)12;1-6-2-4-7(5-3-6)11(8,9)10;1-5-6(2,3)4;1-2;;/h6-9,14,31H,5,10-13,15H2,1-4H3;7-10H,11-12H2,1-6H3,(H,18,20);7-10H,1-6H3,(H,18,20);5,18H,2-4,6H2,1H3;4-7H,1-3H3,(H,13,14);2-5H,1H3,(H,8,9,10);1H,2-4H3;;1H3;/q;;;;;;;;-1;/t26-;;;13-;;;;;;/m0..0....../s1. The monoisotopic (exact) mass is 2090 g/mol. The van der Waals surface area contributed by atoms with Gasteiger partial charge in [-0.3, -0.25) is 49.3 Å². The van der Waals surface area contributed by atoms with Gasteiger partial charge in [-0.15, -0.1) is 17.5 Å². The maximum absolute atomic E-state index is 13.5. The van der Waals surface area contributed by atoms with Crippen LogP contribution in [0.2, 0.25) is 90.7 Å². The fraction of sp³-hybridized carbons (Fsp3) is 0.418. The molecule has 12 rings (SSSR count). The molecule has 0 radical (unpaired) electrons. The van der Waals surface area contributed by atoms with Crippen LogP contribution >= 0.6 is 22.6 Å². The van der Waals surface area contributed by atoms with E-state index in [1.165, 1.54) is 34.4 Å². The van der Waals surface area contributed by atoms with E-state index in [9.17, 15) is 66.6 Å². The number of carbonyl (C=O) groups is 8. The molecule has 2 atom stereocenters. The van der Waals surface area contributed by atoms with Crippen molar-refractivity contribution < 1.29 is 106 Å². The van der Waals surface area contributed by atoms with E-state index < -0.39 is 94.7 Å². The van der Waals surface area contributed by atoms with Gasteiger partial charge in [0.1, 0.15) is 45.2 Å². The van der Waals surface area contributed by atoms with Crippen LogP contribution in [-0.2, 0) is 107 Å². The first-order valence-electron chi connectivity index (χ1n) is 42.4. The molecule has 6 N–H and O–H groups in total. The quantitative estimate of drug-likeness (QED) is 0.00678. The summed E-state index contributed by atoms with van der Waals surface area (Å²) in [7, 11) is -9.28. The topological polar surface area (TPSA) is 381 Å². The summed E-state index contributed by atoms with van der Waals surface area (Å²) in [5, 5.41) is 30.7. The summed E-state index contributed by atoms with van der Waals surface area (Å²) in [5.41, 5.74) is 10.6. The number of carbonyl (C=O) groups excluding carboxylic acids is 8. The Morgan fingerprint density at radius 1 is 0.603 bits per heavy atom. The van der Waals surface area contributed by atoms with Gasteiger partial charge in [-0.25, -0.2) is 24.2 Å². The van der Waals surface area contributed by atoms with Crippen molar-refractivity contribution in [1.29, 1.82) is 0 Å². The number of fused-ring (bicyclic) bond motifs is 7. The number of nitrogens with zero attached hydrogens (tertiary/aromatic N) is 3. The molecule has 3 aromatic heterocycles. The number of terminal acetylenes is 1. The van der Waals surface area contributed by atoms with Gasteiger partial charge in [0.2, 0.25) is 5.78 Å². The summed E-state index contributed by atoms with van der Waals surface area (Å²) in [6.07, 6.45) is 6.28. The molecule has 0 saturated carbocycles. The minimum Gasteiger partial charge on any atom is -0.358 e. The molecule has 4 aliphatic rings. The van der Waals surface area contributed by atoms with Crippen molar-refractivity contribution >= 4 is 140 Å². The number of pyridine rings is 3. The Bertz CT molecular complexity index is 5850. The van der Waals surface area contributed by atoms with Gasteiger partial charge in [0.15, 0.2) is 23.0 Å². The number of hydrogen-bond acceptors (Lipinski definition) is 19. The third kappa shape index (κ3) is 35.0. The van der Waals surface area contributed by atoms with Crippen molar-refractivity contribution in [2.24, 2.45) is 0 Å². The van der Waals surface area contributed by atoms with Crippen molar-refractivity contribution in [1.82, 2.24) is 14.1 Å². The zero-order chi connectivity index (χ0) is 97.7. The zero-order valence-corrected chi connectivity index (χ0v) is 88.5. The van der Waals surface area contributed by atoms with Crippen LogP contribution in [0.25, 0.3) is 22.3 Å². The third-order valence-electron chi connectivity index (χ3n) is 19.7. The number of para-hydroxylation sites is 4. The second kappa shape index (κ2) is 48.3. The predicted molar refractivity (Wildman–Crippen MR) is 531 cm³/mol. The molecule has 8 aromatic rings. The van der Waals surface area contributed by atoms with Crippen LogP contribution in [0.4, 0.5) is 31.4 Å². The molecule has 0 unspecified atom stereocenters. The third-order valence-corrected chi connectivity index (χ3v) is 26.7. The zero-order valence-electron chi connectivity index (χ0n) is 80.0. The van der Waals surface area contributed by atoms with Gasteiger partial charge in [0.05, 0.1) is 62.2 Å². The summed E-state index contributed by atoms with van der Waals surface area (Å²) in [6.45, 7) is 53.2. The van der Waals surface area contributed by atoms with E-state index in [-0.39, 0.29) is 116 Å². The van der Waals surface area contributed by atoms with Gasteiger partial charge in [0.25, 0.3) is 21.2 Å². The number of cyclic esters (lactones) is 1. The SMILES string of the molecule is C#C[Si](C)(C)C.CC(C)(C)OC(=O)Nc1ccccc1C(=O)C#C[Si](C)(C)C.CC(C)(C)OC(=O)Nc1ccccc1C(=O)CC[Si](C)(C)C.CC(C)(C)OC(=O)Nc1ccccc1I.CC[C@@]1(O)C(=O)CCc2c1cc1n(c2=O)Cc2c-1nc1ccccc1c2CC[Si](C)(C)C.CC[C@@]1(O)C(=O)OCc2c1cc1n(c2=O)CCC1=O.Cc1ccc(S(=O)(=O)O)cc1.[C-]#[O+].[CH3-].[Pd]. The Kier molecular flexibility index (Phi) is 42.6. The summed E-state index contributed by atoms with van der Waals surface area (Å²) in [6, 6.07) is 41.1. The number of ether oxygens (including phenoxy) is 4. The van der Waals surface area contributed by atoms with Crippen LogP contribution in [0, 0.1) is 48.0 Å². The van der Waals surface area contributed by atoms with E-state index >= 15 is 0 Å². The van der Waals surface area contributed by atoms with Gasteiger partial charge in [-0.1, -0.05) is 177 Å². The van der Waals surface area contributed by atoms with Crippen molar-refractivity contribution in [3.05, 3.63) is 228 Å². The first kappa shape index (κ1) is 115. The van der Waals surface area contributed by atoms with E-state index in [1.54, 1.807) is 115 Å². The van der Waals surface area contributed by atoms with Gasteiger partial charge < -0.3 is 45.7 Å². The number of ketones is 4. The minimum atomic E-state index is -4.02. The van der Waals surface area contributed by atoms with Gasteiger partial charge in [-0.05, 0) is 196 Å². The number of Topliss-reactive ketones (excluding diaryl/α,β-unsaturated/α-hetero) is 4. The molecule has 3 amide bonds. The van der Waals surface area contributed by atoms with E-state index in [1.807, 2.05) is 82.3 Å². The molecular weight excluding hydrogens is 1960 g/mol. The Balaban J connectivity index is 0.000000407. The molecule has 33 heteroatoms. The Morgan fingerprint density at radius 3 is 1.53 bits per heavy atom. The van der Waals surface area contributed by atoms with E-state index in [4.69, 9.17) is 39.6 Å². The number of rotatable bonds is 14. The number of amides is 3. The van der Waals surface area contributed by atoms with Crippen molar-refractivity contribution in [2.45, 2.75) is 271 Å². The predicted octanol–water partition coefficient (Wildman–Crippen LogP) is 20.3. The van der Waals surface area contributed by atoms with Crippen LogP contribution in [0.15, 0.2) is 148 Å². The molecule has 26 nitrogen and oxygen atoms in total. The molecular formula is C98H128IN6O20PdSSi4-. The van der Waals surface area contributed by atoms with Crippen molar-refractivity contribution in [3.8, 4) is 34.8 Å². The smallest absolute Gasteiger partial charge is 0 e. The van der Waals surface area contributed by atoms with Crippen molar-refractivity contribution in [3.63, 3.8) is 0 Å². The number of aryl methyl sites for hydroxylation is 2. The second-order valence-electron chi connectivity index (χ2n) is 38.7. The molecule has 710 valence electrons. The van der Waals surface area contributed by atoms with Crippen LogP contribution in [0.1, 0.15) is 178 Å². The number of hydrogen-bond donors (Lipinski definition) is 6. The molecule has 0 saturated heterocycles. The normalized spacial score (nSPS) is 15.0. The average Bonchev–Trinajstić information content (AvgIpc) is 1.68. The van der Waals surface area contributed by atoms with E-state index in [0.717, 1.165) is 55.1 Å². The average molecular weight is 2090 g/mol. The number of anilines is 3. The number of halogens is 1.